The molecule has 0 bridgehead atoms. The van der Waals surface area contributed by atoms with Gasteiger partial charge in [0.2, 0.25) is 0 Å². The summed E-state index contributed by atoms with van der Waals surface area (Å²) in [5.74, 6) is 1.05. The van der Waals surface area contributed by atoms with E-state index in [1.165, 1.54) is 12.1 Å². The SMILES string of the molecule is N#Cc1cccnc1N1CCN(CC(O)COc2cccc([N+](=O)[O-])c2)CC1. The van der Waals surface area contributed by atoms with Gasteiger partial charge in [-0.2, -0.15) is 5.26 Å². The molecule has 146 valence electrons. The summed E-state index contributed by atoms with van der Waals surface area (Å²) in [6.07, 6.45) is 0.965. The first-order valence-electron chi connectivity index (χ1n) is 8.94. The Morgan fingerprint density at radius 2 is 2.07 bits per heavy atom. The second-order valence-corrected chi connectivity index (χ2v) is 6.49. The van der Waals surface area contributed by atoms with E-state index in [2.05, 4.69) is 20.9 Å². The molecule has 0 saturated carbocycles. The lowest BCUT2D eigenvalue weighted by molar-refractivity contribution is -0.384. The standard InChI is InChI=1S/C19H21N5O4/c20-12-15-3-2-6-21-19(15)23-9-7-22(8-10-23)13-17(25)14-28-18-5-1-4-16(11-18)24(26)27/h1-6,11,17,25H,7-10,13-14H2. The minimum absolute atomic E-state index is 0.0469. The highest BCUT2D eigenvalue weighted by Gasteiger charge is 2.22. The first-order chi connectivity index (χ1) is 13.6. The molecule has 1 unspecified atom stereocenters. The molecule has 9 nitrogen and oxygen atoms in total. The molecule has 3 rings (SSSR count). The maximum atomic E-state index is 10.8. The van der Waals surface area contributed by atoms with Crippen LogP contribution in [0.1, 0.15) is 5.56 Å². The van der Waals surface area contributed by atoms with Crippen LogP contribution in [0.3, 0.4) is 0 Å². The molecule has 1 N–H and O–H groups in total. The van der Waals surface area contributed by atoms with Crippen LogP contribution in [-0.4, -0.2) is 65.3 Å². The van der Waals surface area contributed by atoms with Crippen molar-refractivity contribution in [3.05, 3.63) is 58.3 Å². The van der Waals surface area contributed by atoms with Crippen LogP contribution in [0.25, 0.3) is 0 Å². The highest BCUT2D eigenvalue weighted by atomic mass is 16.6. The van der Waals surface area contributed by atoms with Crippen LogP contribution in [0.5, 0.6) is 5.75 Å². The minimum Gasteiger partial charge on any atom is -0.491 e. The van der Waals surface area contributed by atoms with Gasteiger partial charge in [0, 0.05) is 45.0 Å². The number of nitrogens with zero attached hydrogens (tertiary/aromatic N) is 5. The van der Waals surface area contributed by atoms with E-state index >= 15 is 0 Å². The topological polar surface area (TPSA) is 116 Å². The van der Waals surface area contributed by atoms with Gasteiger partial charge >= 0.3 is 0 Å². The van der Waals surface area contributed by atoms with E-state index in [-0.39, 0.29) is 12.3 Å². The number of anilines is 1. The highest BCUT2D eigenvalue weighted by molar-refractivity contribution is 5.53. The first kappa shape index (κ1) is 19.5. The molecule has 9 heteroatoms. The van der Waals surface area contributed by atoms with Crippen molar-refractivity contribution in [2.75, 3.05) is 44.2 Å². The van der Waals surface area contributed by atoms with Crippen molar-refractivity contribution >= 4 is 11.5 Å². The van der Waals surface area contributed by atoms with E-state index in [1.807, 2.05) is 0 Å². The monoisotopic (exact) mass is 383 g/mol. The number of aromatic nitrogens is 1. The molecule has 2 heterocycles. The number of nitro groups is 1. The summed E-state index contributed by atoms with van der Waals surface area (Å²) in [5.41, 5.74) is 0.510. The fraction of sp³-hybridized carbons (Fsp3) is 0.368. The van der Waals surface area contributed by atoms with Crippen molar-refractivity contribution in [1.82, 2.24) is 9.88 Å². The number of aliphatic hydroxyl groups excluding tert-OH is 1. The van der Waals surface area contributed by atoms with Gasteiger partial charge < -0.3 is 14.7 Å². The summed E-state index contributed by atoms with van der Waals surface area (Å²) < 4.78 is 5.48. The van der Waals surface area contributed by atoms with Gasteiger partial charge in [-0.25, -0.2) is 4.98 Å². The van der Waals surface area contributed by atoms with Gasteiger partial charge in [-0.15, -0.1) is 0 Å². The van der Waals surface area contributed by atoms with Crippen molar-refractivity contribution in [3.63, 3.8) is 0 Å². The zero-order chi connectivity index (χ0) is 19.9. The fourth-order valence-corrected chi connectivity index (χ4v) is 3.11. The lowest BCUT2D eigenvalue weighted by Gasteiger charge is -2.36. The molecule has 28 heavy (non-hydrogen) atoms. The maximum absolute atomic E-state index is 10.8. The minimum atomic E-state index is -0.713. The number of non-ortho nitro benzene ring substituents is 1. The number of hydrogen-bond acceptors (Lipinski definition) is 8. The summed E-state index contributed by atoms with van der Waals surface area (Å²) in [6, 6.07) is 11.6. The molecule has 0 radical (unpaired) electrons. The average Bonchev–Trinajstić information content (AvgIpc) is 2.73. The molecule has 1 aromatic heterocycles. The summed E-state index contributed by atoms with van der Waals surface area (Å²) >= 11 is 0. The van der Waals surface area contributed by atoms with Crippen LogP contribution in [0, 0.1) is 21.4 Å². The van der Waals surface area contributed by atoms with Crippen LogP contribution >= 0.6 is 0 Å². The van der Waals surface area contributed by atoms with Crippen LogP contribution in [0.2, 0.25) is 0 Å². The predicted octanol–water partition coefficient (Wildman–Crippen LogP) is 1.42. The van der Waals surface area contributed by atoms with E-state index in [0.29, 0.717) is 36.8 Å². The normalized spacial score (nSPS) is 15.6. The molecular weight excluding hydrogens is 362 g/mol. The Labute approximate surface area is 162 Å². The zero-order valence-corrected chi connectivity index (χ0v) is 15.3. The van der Waals surface area contributed by atoms with E-state index < -0.39 is 11.0 Å². The molecule has 2 aromatic rings. The van der Waals surface area contributed by atoms with E-state index in [9.17, 15) is 20.5 Å². The van der Waals surface area contributed by atoms with Crippen molar-refractivity contribution in [3.8, 4) is 11.8 Å². The average molecular weight is 383 g/mol. The number of pyridine rings is 1. The number of piperazine rings is 1. The molecule has 0 aliphatic carbocycles. The molecule has 0 spiro atoms. The first-order valence-corrected chi connectivity index (χ1v) is 8.94. The van der Waals surface area contributed by atoms with Crippen LogP contribution in [0.4, 0.5) is 11.5 Å². The summed E-state index contributed by atoms with van der Waals surface area (Å²) in [5, 5.41) is 30.2. The quantitative estimate of drug-likeness (QED) is 0.564. The van der Waals surface area contributed by atoms with Gasteiger partial charge in [0.15, 0.2) is 0 Å². The predicted molar refractivity (Wildman–Crippen MR) is 102 cm³/mol. The van der Waals surface area contributed by atoms with Crippen molar-refractivity contribution < 1.29 is 14.8 Å². The number of β-amino-alcohol motifs (C(OH)–C–C–N with tert-alkyl or cyclic N) is 1. The van der Waals surface area contributed by atoms with E-state index in [4.69, 9.17) is 4.74 Å². The molecule has 1 saturated heterocycles. The molecule has 0 amide bonds. The van der Waals surface area contributed by atoms with E-state index in [1.54, 1.807) is 30.5 Å². The van der Waals surface area contributed by atoms with E-state index in [0.717, 1.165) is 13.1 Å². The summed E-state index contributed by atoms with van der Waals surface area (Å²) in [6.45, 7) is 3.38. The molecular formula is C19H21N5O4. The Kier molecular flexibility index (Phi) is 6.37. The number of rotatable bonds is 7. The third-order valence-electron chi connectivity index (χ3n) is 4.52. The fourth-order valence-electron chi connectivity index (χ4n) is 3.11. The number of nitro benzene ring substituents is 1. The second-order valence-electron chi connectivity index (χ2n) is 6.49. The highest BCUT2D eigenvalue weighted by Crippen LogP contribution is 2.20. The Hall–Kier alpha value is -3.22. The van der Waals surface area contributed by atoms with Gasteiger partial charge in [-0.1, -0.05) is 6.07 Å². The molecule has 1 fully saturated rings. The summed E-state index contributed by atoms with van der Waals surface area (Å²) in [7, 11) is 0. The molecule has 1 atom stereocenters. The lowest BCUT2D eigenvalue weighted by Crippen LogP contribution is -2.49. The molecule has 1 aliphatic heterocycles. The number of ether oxygens (including phenoxy) is 1. The van der Waals surface area contributed by atoms with Crippen molar-refractivity contribution in [1.29, 1.82) is 5.26 Å². The van der Waals surface area contributed by atoms with Crippen LogP contribution in [-0.2, 0) is 0 Å². The molecule has 1 aliphatic rings. The third kappa shape index (κ3) is 4.94. The number of aliphatic hydroxyl groups is 1. The van der Waals surface area contributed by atoms with Gasteiger partial charge in [-0.05, 0) is 18.2 Å². The Balaban J connectivity index is 1.46. The van der Waals surface area contributed by atoms with Crippen molar-refractivity contribution in [2.45, 2.75) is 6.10 Å². The Morgan fingerprint density at radius 1 is 1.29 bits per heavy atom. The zero-order valence-electron chi connectivity index (χ0n) is 15.3. The number of hydrogen-bond donors (Lipinski definition) is 1. The van der Waals surface area contributed by atoms with Crippen LogP contribution < -0.4 is 9.64 Å². The van der Waals surface area contributed by atoms with Gasteiger partial charge in [0.05, 0.1) is 16.6 Å². The van der Waals surface area contributed by atoms with Gasteiger partial charge in [-0.3, -0.25) is 15.0 Å². The largest absolute Gasteiger partial charge is 0.491 e. The van der Waals surface area contributed by atoms with Crippen molar-refractivity contribution in [2.24, 2.45) is 0 Å². The number of nitriles is 1. The Morgan fingerprint density at radius 3 is 2.79 bits per heavy atom. The van der Waals surface area contributed by atoms with Gasteiger partial charge in [0.25, 0.3) is 5.69 Å². The Bertz CT molecular complexity index is 861. The smallest absolute Gasteiger partial charge is 0.273 e. The third-order valence-corrected chi connectivity index (χ3v) is 4.52. The van der Waals surface area contributed by atoms with Gasteiger partial charge in [0.1, 0.15) is 30.3 Å². The molecule has 1 aromatic carbocycles. The lowest BCUT2D eigenvalue weighted by atomic mass is 10.2. The maximum Gasteiger partial charge on any atom is 0.273 e. The second kappa shape index (κ2) is 9.12. The number of benzene rings is 1. The summed E-state index contributed by atoms with van der Waals surface area (Å²) in [4.78, 5) is 18.8. The van der Waals surface area contributed by atoms with Crippen LogP contribution in [0.15, 0.2) is 42.6 Å².